The average molecular weight is 230 g/mol. The van der Waals surface area contributed by atoms with E-state index in [1.807, 2.05) is 14.5 Å². The molecule has 1 rings (SSSR count). The lowest BCUT2D eigenvalue weighted by Crippen LogP contribution is -2.34. The molecule has 1 fully saturated rings. The number of hydrogen-bond acceptors (Lipinski definition) is 3. The summed E-state index contributed by atoms with van der Waals surface area (Å²) in [6, 6.07) is 0.180. The molecule has 0 saturated carbocycles. The Morgan fingerprint density at radius 3 is 2.60 bits per heavy atom. The summed E-state index contributed by atoms with van der Waals surface area (Å²) in [4.78, 5) is 0. The fourth-order valence-electron chi connectivity index (χ4n) is 2.02. The maximum absolute atomic E-state index is 6.00. The van der Waals surface area contributed by atoms with Crippen molar-refractivity contribution in [2.24, 2.45) is 5.92 Å². The van der Waals surface area contributed by atoms with E-state index >= 15 is 0 Å². The van der Waals surface area contributed by atoms with E-state index in [0.717, 1.165) is 6.42 Å². The van der Waals surface area contributed by atoms with Crippen molar-refractivity contribution in [2.75, 3.05) is 20.4 Å². The van der Waals surface area contributed by atoms with E-state index in [9.17, 15) is 0 Å². The molecule has 87 valence electrons. The van der Waals surface area contributed by atoms with Crippen LogP contribution >= 0.6 is 8.15 Å². The molecule has 1 heterocycles. The fraction of sp³-hybridized carbons (Fsp3) is 1.00. The molecule has 0 aromatic heterocycles. The van der Waals surface area contributed by atoms with Crippen molar-refractivity contribution in [2.45, 2.75) is 38.5 Å². The first-order valence-electron chi connectivity index (χ1n) is 5.60. The first-order valence-corrected chi connectivity index (χ1v) is 7.75. The van der Waals surface area contributed by atoms with Gasteiger partial charge in [0.05, 0.1) is 12.2 Å². The van der Waals surface area contributed by atoms with Gasteiger partial charge in [-0.15, -0.1) is 0 Å². The van der Waals surface area contributed by atoms with Crippen molar-refractivity contribution < 1.29 is 9.26 Å². The Bertz CT molecular complexity index is 194. The predicted molar refractivity (Wildman–Crippen MR) is 66.6 cm³/mol. The van der Waals surface area contributed by atoms with Crippen LogP contribution in [0, 0.1) is 5.92 Å². The molecule has 1 unspecified atom stereocenters. The summed E-state index contributed by atoms with van der Waals surface area (Å²) in [6.07, 6.45) is 1.52. The largest absolute Gasteiger partial charge is 0.379 e. The SMILES string of the molecule is CC[C@H]1O[C@@H]([B]NC)C(C)[C@H]1OP(C)C. The summed E-state index contributed by atoms with van der Waals surface area (Å²) in [7, 11) is 3.62. The van der Waals surface area contributed by atoms with Gasteiger partial charge in [0.15, 0.2) is 0 Å². The zero-order valence-corrected chi connectivity index (χ0v) is 11.3. The molecule has 1 radical (unpaired) electrons. The highest BCUT2D eigenvalue weighted by Gasteiger charge is 2.41. The van der Waals surface area contributed by atoms with Gasteiger partial charge < -0.3 is 14.5 Å². The molecule has 1 aliphatic heterocycles. The van der Waals surface area contributed by atoms with Crippen molar-refractivity contribution in [3.63, 3.8) is 0 Å². The van der Waals surface area contributed by atoms with Gasteiger partial charge in [-0.3, -0.25) is 0 Å². The van der Waals surface area contributed by atoms with Gasteiger partial charge in [0, 0.05) is 20.1 Å². The smallest absolute Gasteiger partial charge is 0.241 e. The summed E-state index contributed by atoms with van der Waals surface area (Å²) in [6.45, 7) is 8.65. The molecule has 0 aromatic carbocycles. The molecule has 15 heavy (non-hydrogen) atoms. The maximum atomic E-state index is 6.00. The van der Waals surface area contributed by atoms with Crippen LogP contribution in [0.3, 0.4) is 0 Å². The van der Waals surface area contributed by atoms with Crippen LogP contribution < -0.4 is 5.23 Å². The Hall–Kier alpha value is 0.375. The van der Waals surface area contributed by atoms with Crippen molar-refractivity contribution in [1.82, 2.24) is 5.23 Å². The first-order chi connectivity index (χ1) is 7.10. The third-order valence-corrected chi connectivity index (χ3v) is 3.47. The third kappa shape index (κ3) is 3.42. The van der Waals surface area contributed by atoms with E-state index in [4.69, 9.17) is 9.26 Å². The molecule has 5 heteroatoms. The normalized spacial score (nSPS) is 36.1. The highest BCUT2D eigenvalue weighted by molar-refractivity contribution is 7.50. The molecular formula is C10H22BNO2P. The van der Waals surface area contributed by atoms with E-state index in [1.165, 1.54) is 0 Å². The zero-order chi connectivity index (χ0) is 11.4. The molecule has 1 saturated heterocycles. The van der Waals surface area contributed by atoms with Gasteiger partial charge in [-0.1, -0.05) is 13.8 Å². The van der Waals surface area contributed by atoms with Crippen LogP contribution in [0.25, 0.3) is 0 Å². The minimum absolute atomic E-state index is 0.180. The van der Waals surface area contributed by atoms with E-state index in [1.54, 1.807) is 0 Å². The number of nitrogens with one attached hydrogen (secondary N) is 1. The van der Waals surface area contributed by atoms with Gasteiger partial charge in [0.2, 0.25) is 7.41 Å². The van der Waals surface area contributed by atoms with Gasteiger partial charge in [-0.05, 0) is 26.8 Å². The Balaban J connectivity index is 2.58. The van der Waals surface area contributed by atoms with Crippen LogP contribution in [0.5, 0.6) is 0 Å². The van der Waals surface area contributed by atoms with Crippen LogP contribution in [0.4, 0.5) is 0 Å². The Labute approximate surface area is 95.4 Å². The van der Waals surface area contributed by atoms with E-state index in [0.29, 0.717) is 5.92 Å². The minimum Gasteiger partial charge on any atom is -0.379 e. The molecule has 0 spiro atoms. The lowest BCUT2D eigenvalue weighted by atomic mass is 9.77. The summed E-state index contributed by atoms with van der Waals surface area (Å²) >= 11 is 0. The molecule has 1 aliphatic rings. The highest BCUT2D eigenvalue weighted by Crippen LogP contribution is 2.38. The third-order valence-electron chi connectivity index (χ3n) is 2.80. The van der Waals surface area contributed by atoms with Crippen molar-refractivity contribution in [3.8, 4) is 0 Å². The summed E-state index contributed by atoms with van der Waals surface area (Å²) < 4.78 is 11.9. The summed E-state index contributed by atoms with van der Waals surface area (Å²) in [5.74, 6) is 0.437. The molecule has 0 amide bonds. The Kier molecular flexibility index (Phi) is 5.55. The van der Waals surface area contributed by atoms with Crippen LogP contribution in [-0.4, -0.2) is 46.0 Å². The van der Waals surface area contributed by atoms with Crippen molar-refractivity contribution in [3.05, 3.63) is 0 Å². The number of ether oxygens (including phenoxy) is 1. The number of hydrogen-bond donors (Lipinski definition) is 1. The fourth-order valence-corrected chi connectivity index (χ4v) is 2.83. The monoisotopic (exact) mass is 230 g/mol. The zero-order valence-electron chi connectivity index (χ0n) is 10.4. The molecule has 0 aliphatic carbocycles. The van der Waals surface area contributed by atoms with Gasteiger partial charge in [-0.2, -0.15) is 0 Å². The second-order valence-electron chi connectivity index (χ2n) is 4.24. The molecule has 4 atom stereocenters. The maximum Gasteiger partial charge on any atom is 0.241 e. The second-order valence-corrected chi connectivity index (χ2v) is 6.08. The lowest BCUT2D eigenvalue weighted by Gasteiger charge is -2.23. The molecular weight excluding hydrogens is 208 g/mol. The van der Waals surface area contributed by atoms with Gasteiger partial charge in [-0.25, -0.2) is 0 Å². The van der Waals surface area contributed by atoms with Crippen molar-refractivity contribution >= 4 is 15.6 Å². The van der Waals surface area contributed by atoms with Gasteiger partial charge in [0.1, 0.15) is 0 Å². The molecule has 3 nitrogen and oxygen atoms in total. The Morgan fingerprint density at radius 2 is 2.13 bits per heavy atom. The van der Waals surface area contributed by atoms with E-state index in [2.05, 4.69) is 32.4 Å². The standard InChI is InChI=1S/C10H22BNO2P/c1-6-8-9(14-15(4)5)7(2)10(13-8)11-12-3/h7-10,12H,6H2,1-5H3/t7?,8-,9-,10-/m1/s1. The molecule has 0 aromatic rings. The predicted octanol–water partition coefficient (Wildman–Crippen LogP) is 1.64. The topological polar surface area (TPSA) is 30.5 Å². The minimum atomic E-state index is -0.313. The van der Waals surface area contributed by atoms with Crippen LogP contribution in [-0.2, 0) is 9.26 Å². The summed E-state index contributed by atoms with van der Waals surface area (Å²) in [5, 5.41) is 3.06. The van der Waals surface area contributed by atoms with Crippen LogP contribution in [0.1, 0.15) is 20.3 Å². The second kappa shape index (κ2) is 6.19. The van der Waals surface area contributed by atoms with Gasteiger partial charge in [0.25, 0.3) is 0 Å². The highest BCUT2D eigenvalue weighted by atomic mass is 31.1. The van der Waals surface area contributed by atoms with Crippen LogP contribution in [0.2, 0.25) is 0 Å². The average Bonchev–Trinajstić information content (AvgIpc) is 2.46. The first kappa shape index (κ1) is 13.4. The number of rotatable bonds is 5. The summed E-state index contributed by atoms with van der Waals surface area (Å²) in [5.41, 5.74) is 0. The molecule has 0 bridgehead atoms. The van der Waals surface area contributed by atoms with Crippen LogP contribution in [0.15, 0.2) is 0 Å². The molecule has 1 N–H and O–H groups in total. The quantitative estimate of drug-likeness (QED) is 0.575. The van der Waals surface area contributed by atoms with Crippen molar-refractivity contribution in [1.29, 1.82) is 0 Å². The lowest BCUT2D eigenvalue weighted by molar-refractivity contribution is 0.0428. The van der Waals surface area contributed by atoms with E-state index in [-0.39, 0.29) is 26.4 Å². The Morgan fingerprint density at radius 1 is 1.47 bits per heavy atom. The van der Waals surface area contributed by atoms with E-state index < -0.39 is 0 Å². The van der Waals surface area contributed by atoms with Gasteiger partial charge >= 0.3 is 0 Å².